The number of carbonyl (C=O) groups excluding carboxylic acids is 1. The van der Waals surface area contributed by atoms with E-state index in [1.54, 1.807) is 11.6 Å². The summed E-state index contributed by atoms with van der Waals surface area (Å²) in [5, 5.41) is 0. The van der Waals surface area contributed by atoms with Crippen molar-refractivity contribution in [3.63, 3.8) is 0 Å². The molecule has 0 N–H and O–H groups in total. The van der Waals surface area contributed by atoms with E-state index in [4.69, 9.17) is 0 Å². The highest BCUT2D eigenvalue weighted by atomic mass is 19.1. The van der Waals surface area contributed by atoms with Crippen LogP contribution in [0.25, 0.3) is 0 Å². The smallest absolute Gasteiger partial charge is 0.141 e. The Morgan fingerprint density at radius 2 is 1.97 bits per heavy atom. The molecule has 1 aromatic heterocycles. The van der Waals surface area contributed by atoms with Crippen LogP contribution in [-0.4, -0.2) is 10.8 Å². The molecule has 2 aliphatic carbocycles. The SMILES string of the molecule is CCCC(CC(=O)CC)c1ccc(F)cn1.C\C=C/C(=C\C=C\CC)C12CC1(C)C2. The van der Waals surface area contributed by atoms with Gasteiger partial charge in [-0.1, -0.05) is 64.5 Å². The van der Waals surface area contributed by atoms with E-state index in [2.05, 4.69) is 63.1 Å². The van der Waals surface area contributed by atoms with E-state index in [-0.39, 0.29) is 17.5 Å². The van der Waals surface area contributed by atoms with Crippen molar-refractivity contribution < 1.29 is 9.18 Å². The van der Waals surface area contributed by atoms with Crippen LogP contribution < -0.4 is 0 Å². The third-order valence-electron chi connectivity index (χ3n) is 6.51. The number of hydrogen-bond donors (Lipinski definition) is 0. The molecule has 3 rings (SSSR count). The van der Waals surface area contributed by atoms with Crippen molar-refractivity contribution in [2.45, 2.75) is 85.5 Å². The minimum atomic E-state index is -0.333. The van der Waals surface area contributed by atoms with Crippen molar-refractivity contribution in [1.82, 2.24) is 4.98 Å². The van der Waals surface area contributed by atoms with Crippen LogP contribution in [-0.2, 0) is 4.79 Å². The molecule has 1 aromatic rings. The van der Waals surface area contributed by atoms with Gasteiger partial charge < -0.3 is 0 Å². The molecule has 0 aromatic carbocycles. The van der Waals surface area contributed by atoms with Gasteiger partial charge in [0.25, 0.3) is 0 Å². The number of carbonyl (C=O) groups is 1. The Morgan fingerprint density at radius 3 is 2.43 bits per heavy atom. The standard InChI is InChI=1S/C14H20.C13H18FNO/c1-4-6-7-9-12(8-5-2)14-10-13(14,3)11-14;1-3-5-10(8-12(16)4-2)13-7-6-11(14)9-15-13/h5-9H,4,10-11H2,1-3H3;6-7,9-10H,3-5,8H2,1-2H3/b7-6+,8-5-,12-9+;. The molecule has 164 valence electrons. The zero-order chi connectivity index (χ0) is 22.2. The Morgan fingerprint density at radius 1 is 1.27 bits per heavy atom. The van der Waals surface area contributed by atoms with Crippen LogP contribution in [0.1, 0.15) is 91.2 Å². The topological polar surface area (TPSA) is 30.0 Å². The largest absolute Gasteiger partial charge is 0.300 e. The monoisotopic (exact) mass is 411 g/mol. The molecule has 0 amide bonds. The summed E-state index contributed by atoms with van der Waals surface area (Å²) < 4.78 is 12.7. The Labute approximate surface area is 182 Å². The average molecular weight is 412 g/mol. The van der Waals surface area contributed by atoms with Crippen molar-refractivity contribution in [3.05, 3.63) is 65.8 Å². The lowest BCUT2D eigenvalue weighted by Gasteiger charge is -2.14. The number of halogens is 1. The van der Waals surface area contributed by atoms with Crippen molar-refractivity contribution in [3.8, 4) is 0 Å². The van der Waals surface area contributed by atoms with E-state index in [0.717, 1.165) is 25.0 Å². The van der Waals surface area contributed by atoms with E-state index < -0.39 is 0 Å². The predicted octanol–water partition coefficient (Wildman–Crippen LogP) is 7.73. The highest BCUT2D eigenvalue weighted by molar-refractivity contribution is 5.78. The second-order valence-electron chi connectivity index (χ2n) is 8.94. The number of pyridine rings is 1. The summed E-state index contributed by atoms with van der Waals surface area (Å²) in [5.41, 5.74) is 3.65. The van der Waals surface area contributed by atoms with Gasteiger partial charge in [0, 0.05) is 29.9 Å². The van der Waals surface area contributed by atoms with Crippen LogP contribution in [0.4, 0.5) is 4.39 Å². The molecule has 30 heavy (non-hydrogen) atoms. The first-order valence-electron chi connectivity index (χ1n) is 11.5. The molecule has 3 heteroatoms. The molecular weight excluding hydrogens is 373 g/mol. The second kappa shape index (κ2) is 10.8. The first-order chi connectivity index (χ1) is 14.4. The van der Waals surface area contributed by atoms with Gasteiger partial charge in [0.1, 0.15) is 11.6 Å². The normalized spacial score (nSPS) is 25.6. The number of Topliss-reactive ketones (excluding diaryl/α,β-unsaturated/α-hetero) is 1. The third kappa shape index (κ3) is 6.00. The summed E-state index contributed by atoms with van der Waals surface area (Å²) in [6.07, 6.45) is 19.4. The number of aromatic nitrogens is 1. The van der Waals surface area contributed by atoms with Gasteiger partial charge in [-0.2, -0.15) is 0 Å². The van der Waals surface area contributed by atoms with E-state index >= 15 is 0 Å². The summed E-state index contributed by atoms with van der Waals surface area (Å²) in [6, 6.07) is 3.08. The van der Waals surface area contributed by atoms with Crippen LogP contribution in [0.5, 0.6) is 0 Å². The zero-order valence-corrected chi connectivity index (χ0v) is 19.4. The maximum Gasteiger partial charge on any atom is 0.141 e. The minimum absolute atomic E-state index is 0.137. The molecule has 1 atom stereocenters. The molecule has 0 saturated heterocycles. The van der Waals surface area contributed by atoms with Gasteiger partial charge in [-0.3, -0.25) is 9.78 Å². The Balaban J connectivity index is 0.000000215. The fourth-order valence-electron chi connectivity index (χ4n) is 4.36. The van der Waals surface area contributed by atoms with Gasteiger partial charge >= 0.3 is 0 Å². The first kappa shape index (κ1) is 24.2. The quantitative estimate of drug-likeness (QED) is 0.369. The average Bonchev–Trinajstić information content (AvgIpc) is 3.53. The number of allylic oxidation sites excluding steroid dienone is 6. The summed E-state index contributed by atoms with van der Waals surface area (Å²) >= 11 is 0. The summed E-state index contributed by atoms with van der Waals surface area (Å²) in [7, 11) is 0. The van der Waals surface area contributed by atoms with Gasteiger partial charge in [-0.25, -0.2) is 4.39 Å². The van der Waals surface area contributed by atoms with Crippen molar-refractivity contribution >= 4 is 5.78 Å². The second-order valence-corrected chi connectivity index (χ2v) is 8.94. The summed E-state index contributed by atoms with van der Waals surface area (Å²) in [6.45, 7) is 10.6. The van der Waals surface area contributed by atoms with Gasteiger partial charge in [0.15, 0.2) is 0 Å². The number of hydrogen-bond acceptors (Lipinski definition) is 2. The lowest BCUT2D eigenvalue weighted by atomic mass is 9.93. The van der Waals surface area contributed by atoms with Crippen LogP contribution in [0.2, 0.25) is 0 Å². The highest BCUT2D eigenvalue weighted by Crippen LogP contribution is 2.88. The van der Waals surface area contributed by atoms with Crippen molar-refractivity contribution in [1.29, 1.82) is 0 Å². The lowest BCUT2D eigenvalue weighted by molar-refractivity contribution is -0.119. The number of nitrogens with zero attached hydrogens (tertiary/aromatic N) is 1. The molecule has 0 spiro atoms. The third-order valence-corrected chi connectivity index (χ3v) is 6.51. The number of rotatable bonds is 10. The number of ketones is 1. The van der Waals surface area contributed by atoms with Gasteiger partial charge in [-0.15, -0.1) is 0 Å². The van der Waals surface area contributed by atoms with Crippen LogP contribution in [0.3, 0.4) is 0 Å². The fourth-order valence-corrected chi connectivity index (χ4v) is 4.36. The molecule has 1 heterocycles. The van der Waals surface area contributed by atoms with Crippen LogP contribution in [0, 0.1) is 16.6 Å². The summed E-state index contributed by atoms with van der Waals surface area (Å²) in [5.74, 6) is 0.0449. The van der Waals surface area contributed by atoms with Gasteiger partial charge in [0.05, 0.1) is 6.20 Å². The molecular formula is C27H38FNO. The number of fused-ring (bicyclic) bond motifs is 1. The molecule has 0 bridgehead atoms. The maximum atomic E-state index is 12.7. The van der Waals surface area contributed by atoms with E-state index in [1.165, 1.54) is 25.1 Å². The van der Waals surface area contributed by atoms with Crippen LogP contribution in [0.15, 0.2) is 54.3 Å². The molecule has 2 saturated carbocycles. The Hall–Kier alpha value is -2.03. The molecule has 0 aliphatic heterocycles. The maximum absolute atomic E-state index is 12.7. The Bertz CT molecular complexity index is 782. The van der Waals surface area contributed by atoms with Crippen molar-refractivity contribution in [2.24, 2.45) is 10.8 Å². The minimum Gasteiger partial charge on any atom is -0.300 e. The van der Waals surface area contributed by atoms with E-state index in [9.17, 15) is 9.18 Å². The molecule has 2 aliphatic rings. The summed E-state index contributed by atoms with van der Waals surface area (Å²) in [4.78, 5) is 15.5. The van der Waals surface area contributed by atoms with Crippen molar-refractivity contribution in [2.75, 3.05) is 0 Å². The molecule has 2 nitrogen and oxygen atoms in total. The van der Waals surface area contributed by atoms with Crippen LogP contribution >= 0.6 is 0 Å². The fraction of sp³-hybridized carbons (Fsp3) is 0.556. The van der Waals surface area contributed by atoms with E-state index in [0.29, 0.717) is 23.7 Å². The molecule has 2 fully saturated rings. The Kier molecular flexibility index (Phi) is 8.76. The predicted molar refractivity (Wildman–Crippen MR) is 124 cm³/mol. The molecule has 0 radical (unpaired) electrons. The molecule has 1 unspecified atom stereocenters. The van der Waals surface area contributed by atoms with Gasteiger partial charge in [-0.05, 0) is 55.7 Å². The first-order valence-corrected chi connectivity index (χ1v) is 11.5. The highest BCUT2D eigenvalue weighted by Gasteiger charge is 2.80. The van der Waals surface area contributed by atoms with Gasteiger partial charge in [0.2, 0.25) is 0 Å². The zero-order valence-electron chi connectivity index (χ0n) is 19.4. The lowest BCUT2D eigenvalue weighted by Crippen LogP contribution is -2.08. The van der Waals surface area contributed by atoms with E-state index in [1.807, 2.05) is 6.92 Å².